The number of phenols is 1. The minimum Gasteiger partial charge on any atom is -0.507 e. The molecule has 0 aliphatic rings. The van der Waals surface area contributed by atoms with Crippen LogP contribution in [-0.2, 0) is 0 Å². The molecule has 0 atom stereocenters. The van der Waals surface area contributed by atoms with Gasteiger partial charge in [0.2, 0.25) is 0 Å². The van der Waals surface area contributed by atoms with Crippen LogP contribution in [0, 0.1) is 0 Å². The average Bonchev–Trinajstić information content (AvgIpc) is 3.04. The topological polar surface area (TPSA) is 221 Å². The van der Waals surface area contributed by atoms with Crippen LogP contribution in [0.5, 0.6) is 5.75 Å². The van der Waals surface area contributed by atoms with E-state index < -0.39 is 11.9 Å². The molecule has 46 heavy (non-hydrogen) atoms. The molecule has 0 saturated heterocycles. The molecule has 5 aromatic carbocycles. The van der Waals surface area contributed by atoms with E-state index in [-0.39, 0.29) is 63.5 Å². The van der Waals surface area contributed by atoms with Crippen molar-refractivity contribution in [1.29, 1.82) is 0 Å². The van der Waals surface area contributed by atoms with Gasteiger partial charge in [-0.25, -0.2) is 9.59 Å². The van der Waals surface area contributed by atoms with Crippen LogP contribution in [0.15, 0.2) is 134 Å². The first-order valence-corrected chi connectivity index (χ1v) is 13.2. The van der Waals surface area contributed by atoms with E-state index in [1.165, 1.54) is 30.3 Å². The van der Waals surface area contributed by atoms with Crippen LogP contribution in [0.2, 0.25) is 0 Å². The van der Waals surface area contributed by atoms with Gasteiger partial charge in [0, 0.05) is 0 Å². The molecule has 0 fully saturated rings. The average molecular weight is 624 g/mol. The summed E-state index contributed by atoms with van der Waals surface area (Å²) in [5, 5.41) is 52.8. The molecule has 0 spiro atoms. The number of hydrogen-bond acceptors (Lipinski definition) is 11. The molecule has 0 amide bonds. The molecule has 222 valence electrons. The number of aromatic carboxylic acids is 2. The molecule has 0 heterocycles. The Morgan fingerprint density at radius 2 is 1.11 bits per heavy atom. The summed E-state index contributed by atoms with van der Waals surface area (Å²) in [6.45, 7) is 0. The Labute approximate surface area is 284 Å². The van der Waals surface area contributed by atoms with Gasteiger partial charge in [-0.05, 0) is 83.9 Å². The van der Waals surface area contributed by atoms with Gasteiger partial charge in [0.25, 0.3) is 0 Å². The van der Waals surface area contributed by atoms with Crippen molar-refractivity contribution in [2.24, 2.45) is 30.7 Å². The minimum atomic E-state index is -1.26. The number of carboxylic acid groups (broad SMARTS) is 2. The third-order valence-electron chi connectivity index (χ3n) is 6.42. The van der Waals surface area contributed by atoms with Gasteiger partial charge in [-0.1, -0.05) is 30.3 Å². The predicted molar refractivity (Wildman–Crippen MR) is 168 cm³/mol. The Morgan fingerprint density at radius 3 is 1.72 bits per heavy atom. The van der Waals surface area contributed by atoms with Crippen LogP contribution in [0.1, 0.15) is 20.7 Å². The summed E-state index contributed by atoms with van der Waals surface area (Å²) in [4.78, 5) is 22.4. The Bertz CT molecular complexity index is 2000. The molecule has 0 radical (unpaired) electrons. The standard InChI is InChI=1S/C32H24N8O5.Na/c33-26-13-14-27(29(34)30(26)40-38-23-3-1-2-20(16-23)31(42)43)39-36-22-10-6-19(7-11-22)18-4-8-21(9-5-18)35-37-24-12-15-28(41)25(17-24)32(44)45;/h1-17,41H,33-34H2,(H,42,43)(H,44,45);/q;+1. The molecule has 5 rings (SSSR count). The van der Waals surface area contributed by atoms with Crippen LogP contribution in [-0.4, -0.2) is 27.3 Å². The van der Waals surface area contributed by atoms with E-state index in [4.69, 9.17) is 16.6 Å². The number of nitrogens with two attached hydrogens (primary N) is 2. The summed E-state index contributed by atoms with van der Waals surface area (Å²) in [7, 11) is 0. The zero-order chi connectivity index (χ0) is 31.9. The van der Waals surface area contributed by atoms with Crippen molar-refractivity contribution < 1.29 is 54.5 Å². The Kier molecular flexibility index (Phi) is 10.7. The van der Waals surface area contributed by atoms with Gasteiger partial charge in [-0.15, -0.1) is 10.2 Å². The molecule has 0 aliphatic heterocycles. The summed E-state index contributed by atoms with van der Waals surface area (Å²) in [5.74, 6) is -2.68. The molecule has 7 N–H and O–H groups in total. The molecular formula is C32H24N8NaO5+. The van der Waals surface area contributed by atoms with Crippen molar-refractivity contribution in [2.45, 2.75) is 0 Å². The summed E-state index contributed by atoms with van der Waals surface area (Å²) >= 11 is 0. The number of carboxylic acids is 2. The van der Waals surface area contributed by atoms with Crippen molar-refractivity contribution in [1.82, 2.24) is 0 Å². The third kappa shape index (κ3) is 8.04. The second-order valence-corrected chi connectivity index (χ2v) is 9.49. The van der Waals surface area contributed by atoms with E-state index in [2.05, 4.69) is 30.7 Å². The normalized spacial score (nSPS) is 11.2. The van der Waals surface area contributed by atoms with Crippen LogP contribution < -0.4 is 41.0 Å². The quantitative estimate of drug-likeness (QED) is 0.0762. The maximum absolute atomic E-state index is 11.2. The Balaban J connectivity index is 0.00000480. The van der Waals surface area contributed by atoms with E-state index in [9.17, 15) is 19.8 Å². The first-order valence-electron chi connectivity index (χ1n) is 13.2. The number of nitrogen functional groups attached to an aromatic ring is 2. The number of aromatic hydroxyl groups is 1. The number of rotatable bonds is 9. The van der Waals surface area contributed by atoms with Crippen molar-refractivity contribution in [3.05, 3.63) is 114 Å². The van der Waals surface area contributed by atoms with Crippen molar-refractivity contribution in [2.75, 3.05) is 11.5 Å². The molecule has 0 aromatic heterocycles. The molecule has 14 heteroatoms. The zero-order valence-electron chi connectivity index (χ0n) is 24.3. The fraction of sp³-hybridized carbons (Fsp3) is 0. The summed E-state index contributed by atoms with van der Waals surface area (Å²) in [5.41, 5.74) is 16.7. The zero-order valence-corrected chi connectivity index (χ0v) is 26.3. The third-order valence-corrected chi connectivity index (χ3v) is 6.42. The number of hydrogen-bond donors (Lipinski definition) is 5. The molecule has 0 unspecified atom stereocenters. The fourth-order valence-corrected chi connectivity index (χ4v) is 4.05. The summed E-state index contributed by atoms with van der Waals surface area (Å²) < 4.78 is 0. The van der Waals surface area contributed by atoms with Crippen LogP contribution in [0.25, 0.3) is 11.1 Å². The largest absolute Gasteiger partial charge is 1.00 e. The smallest absolute Gasteiger partial charge is 0.507 e. The van der Waals surface area contributed by atoms with Crippen LogP contribution in [0.4, 0.5) is 45.5 Å². The van der Waals surface area contributed by atoms with Gasteiger partial charge in [0.1, 0.15) is 22.7 Å². The summed E-state index contributed by atoms with van der Waals surface area (Å²) in [6.07, 6.45) is 0. The van der Waals surface area contributed by atoms with Gasteiger partial charge < -0.3 is 26.8 Å². The van der Waals surface area contributed by atoms with Crippen LogP contribution >= 0.6 is 0 Å². The fourth-order valence-electron chi connectivity index (χ4n) is 4.05. The van der Waals surface area contributed by atoms with Gasteiger partial charge in [-0.2, -0.15) is 20.5 Å². The number of azo groups is 3. The van der Waals surface area contributed by atoms with Gasteiger partial charge in [0.05, 0.1) is 39.7 Å². The van der Waals surface area contributed by atoms with Crippen molar-refractivity contribution in [3.8, 4) is 16.9 Å². The molecule has 0 aliphatic carbocycles. The first-order chi connectivity index (χ1) is 21.7. The molecule has 0 saturated carbocycles. The van der Waals surface area contributed by atoms with Gasteiger partial charge >= 0.3 is 41.5 Å². The number of carbonyl (C=O) groups is 2. The first kappa shape index (κ1) is 33.1. The SMILES string of the molecule is Nc1ccc(N=Nc2ccc(-c3ccc(N=Nc4ccc(O)c(C(=O)O)c4)cc3)cc2)c(N)c1N=Nc1cccc(C(=O)O)c1.[Na+]. The van der Waals surface area contributed by atoms with E-state index in [0.717, 1.165) is 11.1 Å². The molecule has 13 nitrogen and oxygen atoms in total. The second kappa shape index (κ2) is 14.8. The maximum atomic E-state index is 11.2. The van der Waals surface area contributed by atoms with E-state index >= 15 is 0 Å². The Morgan fingerprint density at radius 1 is 0.565 bits per heavy atom. The Hall–Kier alpha value is -5.76. The second-order valence-electron chi connectivity index (χ2n) is 9.49. The van der Waals surface area contributed by atoms with Crippen molar-refractivity contribution in [3.63, 3.8) is 0 Å². The van der Waals surface area contributed by atoms with Gasteiger partial charge in [-0.3, -0.25) is 0 Å². The minimum absolute atomic E-state index is 0. The predicted octanol–water partition coefficient (Wildman–Crippen LogP) is 5.87. The van der Waals surface area contributed by atoms with Crippen molar-refractivity contribution >= 4 is 57.4 Å². The monoisotopic (exact) mass is 623 g/mol. The molecule has 5 aromatic rings. The van der Waals surface area contributed by atoms with E-state index in [1.54, 1.807) is 48.5 Å². The van der Waals surface area contributed by atoms with E-state index in [1.807, 2.05) is 24.3 Å². The number of anilines is 2. The van der Waals surface area contributed by atoms with Gasteiger partial charge in [0.15, 0.2) is 0 Å². The molecule has 0 bridgehead atoms. The number of benzene rings is 5. The van der Waals surface area contributed by atoms with E-state index in [0.29, 0.717) is 28.4 Å². The van der Waals surface area contributed by atoms with Crippen LogP contribution in [0.3, 0.4) is 0 Å². The molecular weight excluding hydrogens is 599 g/mol. The number of nitrogens with zero attached hydrogens (tertiary/aromatic N) is 6. The maximum Gasteiger partial charge on any atom is 1.00 e. The summed E-state index contributed by atoms with van der Waals surface area (Å²) in [6, 6.07) is 27.8.